The molecule has 9 nitrogen and oxygen atoms in total. The molecule has 0 spiro atoms. The fourth-order valence-corrected chi connectivity index (χ4v) is 6.30. The van der Waals surface area contributed by atoms with Crippen LogP contribution in [0.25, 0.3) is 0 Å². The number of carbonyl (C=O) groups is 2. The lowest BCUT2D eigenvalue weighted by atomic mass is 9.83. The SMILES string of the molecule is O=C([O-])c1cccc(C(=O)N2CC3CC(C2)c2ccc(NS(=O)(=O)c4cccc(C(F)(F)F)c4)c(=O)n2C3)c1. The van der Waals surface area contributed by atoms with Gasteiger partial charge in [0.25, 0.3) is 21.5 Å². The number of alkyl halides is 3. The molecule has 3 heterocycles. The molecule has 1 N–H and O–H groups in total. The molecule has 204 valence electrons. The number of fused-ring (bicyclic) bond motifs is 4. The number of pyridine rings is 1. The number of carbonyl (C=O) groups excluding carboxylic acids is 2. The summed E-state index contributed by atoms with van der Waals surface area (Å²) >= 11 is 0. The van der Waals surface area contributed by atoms with Crippen LogP contribution >= 0.6 is 0 Å². The number of carboxylic acid groups (broad SMARTS) is 1. The number of rotatable bonds is 5. The maximum atomic E-state index is 13.2. The second kappa shape index (κ2) is 9.56. The Hall–Kier alpha value is -4.13. The number of aromatic nitrogens is 1. The highest BCUT2D eigenvalue weighted by atomic mass is 32.2. The van der Waals surface area contributed by atoms with Gasteiger partial charge < -0.3 is 19.4 Å². The number of halogens is 3. The quantitative estimate of drug-likeness (QED) is 0.510. The number of hydrogen-bond acceptors (Lipinski definition) is 6. The predicted molar refractivity (Wildman–Crippen MR) is 130 cm³/mol. The van der Waals surface area contributed by atoms with Gasteiger partial charge in [-0.05, 0) is 60.4 Å². The number of aromatic carboxylic acids is 1. The predicted octanol–water partition coefficient (Wildman–Crippen LogP) is 2.29. The van der Waals surface area contributed by atoms with Gasteiger partial charge in [0.05, 0.1) is 16.4 Å². The zero-order chi connectivity index (χ0) is 28.1. The number of hydrogen-bond donors (Lipinski definition) is 1. The molecular formula is C26H21F3N3O6S-. The number of benzene rings is 2. The smallest absolute Gasteiger partial charge is 0.416 e. The van der Waals surface area contributed by atoms with Crippen molar-refractivity contribution in [2.75, 3.05) is 17.8 Å². The molecule has 1 fully saturated rings. The van der Waals surface area contributed by atoms with Gasteiger partial charge in [0, 0.05) is 36.8 Å². The Bertz CT molecular complexity index is 1650. The molecule has 1 amide bonds. The minimum atomic E-state index is -4.74. The van der Waals surface area contributed by atoms with Crippen molar-refractivity contribution >= 4 is 27.6 Å². The molecule has 2 atom stereocenters. The van der Waals surface area contributed by atoms with E-state index in [-0.39, 0.29) is 47.6 Å². The minimum Gasteiger partial charge on any atom is -0.545 e. The van der Waals surface area contributed by atoms with Crippen molar-refractivity contribution in [3.8, 4) is 0 Å². The number of likely N-dealkylation sites (tertiary alicyclic amines) is 1. The molecule has 13 heteroatoms. The number of sulfonamides is 1. The second-order valence-corrected chi connectivity index (χ2v) is 11.3. The van der Waals surface area contributed by atoms with E-state index in [0.717, 1.165) is 18.2 Å². The van der Waals surface area contributed by atoms with Crippen molar-refractivity contribution in [1.82, 2.24) is 9.47 Å². The number of piperidine rings is 1. The lowest BCUT2D eigenvalue weighted by Crippen LogP contribution is -2.49. The first-order chi connectivity index (χ1) is 18.3. The number of nitrogens with zero attached hydrogens (tertiary/aromatic N) is 2. The first kappa shape index (κ1) is 26.5. The molecule has 2 aromatic carbocycles. The summed E-state index contributed by atoms with van der Waals surface area (Å²) in [6.07, 6.45) is -4.04. The van der Waals surface area contributed by atoms with Gasteiger partial charge in [-0.25, -0.2) is 8.42 Å². The molecule has 0 aliphatic carbocycles. The van der Waals surface area contributed by atoms with E-state index in [1.807, 2.05) is 0 Å². The number of carboxylic acids is 1. The van der Waals surface area contributed by atoms with Gasteiger partial charge in [0.2, 0.25) is 0 Å². The van der Waals surface area contributed by atoms with E-state index in [2.05, 4.69) is 4.72 Å². The number of amides is 1. The van der Waals surface area contributed by atoms with E-state index in [1.165, 1.54) is 34.9 Å². The third kappa shape index (κ3) is 5.13. The topological polar surface area (TPSA) is 129 Å². The van der Waals surface area contributed by atoms with E-state index in [4.69, 9.17) is 0 Å². The van der Waals surface area contributed by atoms with Crippen LogP contribution in [0.3, 0.4) is 0 Å². The molecule has 1 saturated heterocycles. The van der Waals surface area contributed by atoms with E-state index in [0.29, 0.717) is 24.7 Å². The van der Waals surface area contributed by atoms with Crippen molar-refractivity contribution in [3.63, 3.8) is 0 Å². The van der Waals surface area contributed by atoms with Crippen LogP contribution in [0.2, 0.25) is 0 Å². The molecule has 39 heavy (non-hydrogen) atoms. The van der Waals surface area contributed by atoms with Crippen LogP contribution in [-0.4, -0.2) is 42.9 Å². The summed E-state index contributed by atoms with van der Waals surface area (Å²) in [6, 6.07) is 11.6. The average Bonchev–Trinajstić information content (AvgIpc) is 2.89. The summed E-state index contributed by atoms with van der Waals surface area (Å²) < 4.78 is 68.3. The zero-order valence-electron chi connectivity index (χ0n) is 20.1. The van der Waals surface area contributed by atoms with Crippen molar-refractivity contribution in [1.29, 1.82) is 0 Å². The first-order valence-corrected chi connectivity index (χ1v) is 13.4. The first-order valence-electron chi connectivity index (χ1n) is 11.9. The van der Waals surface area contributed by atoms with Crippen molar-refractivity contribution in [2.45, 2.75) is 30.0 Å². The van der Waals surface area contributed by atoms with Crippen molar-refractivity contribution < 1.29 is 36.3 Å². The van der Waals surface area contributed by atoms with E-state index in [9.17, 15) is 41.1 Å². The number of nitrogens with one attached hydrogen (secondary N) is 1. The maximum absolute atomic E-state index is 13.2. The molecule has 2 bridgehead atoms. The number of anilines is 1. The van der Waals surface area contributed by atoms with Gasteiger partial charge in [0.1, 0.15) is 5.69 Å². The second-order valence-electron chi connectivity index (χ2n) is 9.60. The Balaban J connectivity index is 1.39. The average molecular weight is 561 g/mol. The summed E-state index contributed by atoms with van der Waals surface area (Å²) in [7, 11) is -4.49. The van der Waals surface area contributed by atoms with Crippen molar-refractivity contribution in [2.24, 2.45) is 5.92 Å². The fourth-order valence-electron chi connectivity index (χ4n) is 5.19. The maximum Gasteiger partial charge on any atom is 0.416 e. The summed E-state index contributed by atoms with van der Waals surface area (Å²) in [5.74, 6) is -2.10. The molecule has 0 saturated carbocycles. The monoisotopic (exact) mass is 560 g/mol. The highest BCUT2D eigenvalue weighted by Crippen LogP contribution is 2.36. The van der Waals surface area contributed by atoms with Crippen LogP contribution in [0.1, 0.15) is 44.3 Å². The molecule has 1 aromatic heterocycles. The Morgan fingerprint density at radius 2 is 1.67 bits per heavy atom. The van der Waals surface area contributed by atoms with Crippen LogP contribution in [0.5, 0.6) is 0 Å². The van der Waals surface area contributed by atoms with Gasteiger partial charge in [-0.3, -0.25) is 14.3 Å². The van der Waals surface area contributed by atoms with E-state index in [1.54, 1.807) is 11.0 Å². The normalized spacial score (nSPS) is 18.8. The molecule has 2 unspecified atom stereocenters. The Kier molecular flexibility index (Phi) is 6.49. The highest BCUT2D eigenvalue weighted by Gasteiger charge is 2.37. The molecule has 0 radical (unpaired) electrons. The van der Waals surface area contributed by atoms with Gasteiger partial charge >= 0.3 is 6.18 Å². The highest BCUT2D eigenvalue weighted by molar-refractivity contribution is 7.92. The van der Waals surface area contributed by atoms with Crippen molar-refractivity contribution in [3.05, 3.63) is 93.4 Å². The third-order valence-electron chi connectivity index (χ3n) is 6.95. The standard InChI is InChI=1S/C26H22F3N3O6S/c27-26(28,29)19-5-2-6-20(11-19)39(37,38)30-21-7-8-22-18-9-15(13-32(22)24(21)34)12-31(14-18)23(33)16-3-1-4-17(10-16)25(35)36/h1-8,10-11,15,18,30H,9,12-14H2,(H,35,36)/p-1. The summed E-state index contributed by atoms with van der Waals surface area (Å²) in [6.45, 7) is 0.767. The van der Waals surface area contributed by atoms with Gasteiger partial charge in [0.15, 0.2) is 0 Å². The molecule has 3 aromatic rings. The van der Waals surface area contributed by atoms with E-state index >= 15 is 0 Å². The van der Waals surface area contributed by atoms with Crippen LogP contribution in [-0.2, 0) is 22.7 Å². The third-order valence-corrected chi connectivity index (χ3v) is 8.32. The van der Waals surface area contributed by atoms with Crippen LogP contribution in [0.15, 0.2) is 70.4 Å². The molecule has 5 rings (SSSR count). The Morgan fingerprint density at radius 3 is 2.38 bits per heavy atom. The lowest BCUT2D eigenvalue weighted by Gasteiger charge is -2.43. The largest absolute Gasteiger partial charge is 0.545 e. The lowest BCUT2D eigenvalue weighted by molar-refractivity contribution is -0.255. The fraction of sp³-hybridized carbons (Fsp3) is 0.269. The van der Waals surface area contributed by atoms with Crippen LogP contribution in [0.4, 0.5) is 18.9 Å². The summed E-state index contributed by atoms with van der Waals surface area (Å²) in [5.41, 5.74) is -1.39. The summed E-state index contributed by atoms with van der Waals surface area (Å²) in [5, 5.41) is 11.2. The summed E-state index contributed by atoms with van der Waals surface area (Å²) in [4.78, 5) is 38.5. The zero-order valence-corrected chi connectivity index (χ0v) is 21.0. The van der Waals surface area contributed by atoms with Crippen LogP contribution < -0.4 is 15.4 Å². The van der Waals surface area contributed by atoms with Crippen LogP contribution in [0, 0.1) is 5.92 Å². The Labute approximate surface area is 220 Å². The Morgan fingerprint density at radius 1 is 0.949 bits per heavy atom. The van der Waals surface area contributed by atoms with E-state index < -0.39 is 38.2 Å². The minimum absolute atomic E-state index is 0.116. The van der Waals surface area contributed by atoms with Gasteiger partial charge in [-0.15, -0.1) is 0 Å². The molecular weight excluding hydrogens is 539 g/mol. The van der Waals surface area contributed by atoms with Gasteiger partial charge in [-0.1, -0.05) is 18.2 Å². The molecule has 2 aliphatic heterocycles. The molecule has 2 aliphatic rings. The van der Waals surface area contributed by atoms with Gasteiger partial charge in [-0.2, -0.15) is 13.2 Å².